The lowest BCUT2D eigenvalue weighted by Crippen LogP contribution is -2.21. The molecule has 3 rings (SSSR count). The number of hydrogen-bond donors (Lipinski definition) is 2. The zero-order valence-corrected chi connectivity index (χ0v) is 17.0. The van der Waals surface area contributed by atoms with Gasteiger partial charge in [-0.3, -0.25) is 9.59 Å². The molecular weight excluding hydrogens is 380 g/mol. The van der Waals surface area contributed by atoms with E-state index in [4.69, 9.17) is 9.47 Å². The molecule has 0 atom stereocenters. The predicted octanol–water partition coefficient (Wildman–Crippen LogP) is 4.53. The topological polar surface area (TPSA) is 76.7 Å². The van der Waals surface area contributed by atoms with Gasteiger partial charge in [0.2, 0.25) is 0 Å². The molecule has 0 aliphatic heterocycles. The number of anilines is 2. The maximum atomic E-state index is 12.5. The zero-order chi connectivity index (χ0) is 21.3. The first-order valence-electron chi connectivity index (χ1n) is 9.65. The van der Waals surface area contributed by atoms with Crippen LogP contribution < -0.4 is 20.1 Å². The maximum Gasteiger partial charge on any atom is 0.262 e. The summed E-state index contributed by atoms with van der Waals surface area (Å²) in [6.07, 6.45) is 0.829. The summed E-state index contributed by atoms with van der Waals surface area (Å²) in [6, 6.07) is 21.5. The van der Waals surface area contributed by atoms with Crippen LogP contribution in [0.5, 0.6) is 11.5 Å². The number of para-hydroxylation sites is 3. The van der Waals surface area contributed by atoms with E-state index in [0.29, 0.717) is 22.7 Å². The lowest BCUT2D eigenvalue weighted by molar-refractivity contribution is -0.118. The SMILES string of the molecule is CCc1ccccc1NC(=O)COc1ccc(C(=O)Nc2ccccc2OC)cc1. The Morgan fingerprint density at radius 1 is 0.833 bits per heavy atom. The van der Waals surface area contributed by atoms with E-state index in [2.05, 4.69) is 10.6 Å². The summed E-state index contributed by atoms with van der Waals surface area (Å²) < 4.78 is 10.8. The summed E-state index contributed by atoms with van der Waals surface area (Å²) in [4.78, 5) is 24.6. The highest BCUT2D eigenvalue weighted by Crippen LogP contribution is 2.24. The quantitative estimate of drug-likeness (QED) is 0.578. The van der Waals surface area contributed by atoms with Crippen LogP contribution in [0.1, 0.15) is 22.8 Å². The first-order valence-corrected chi connectivity index (χ1v) is 9.65. The van der Waals surface area contributed by atoms with Gasteiger partial charge in [-0.25, -0.2) is 0 Å². The number of hydrogen-bond acceptors (Lipinski definition) is 4. The molecule has 0 aromatic heterocycles. The fourth-order valence-corrected chi connectivity index (χ4v) is 2.93. The standard InChI is InChI=1S/C24H24N2O4/c1-3-17-8-4-5-9-20(17)25-23(27)16-30-19-14-12-18(13-15-19)24(28)26-21-10-6-7-11-22(21)29-2/h4-15H,3,16H2,1-2H3,(H,25,27)(H,26,28). The minimum atomic E-state index is -0.264. The van der Waals surface area contributed by atoms with Crippen LogP contribution in [0, 0.1) is 0 Å². The van der Waals surface area contributed by atoms with Gasteiger partial charge in [-0.1, -0.05) is 37.3 Å². The Labute approximate surface area is 175 Å². The van der Waals surface area contributed by atoms with Crippen molar-refractivity contribution in [3.8, 4) is 11.5 Å². The Hall–Kier alpha value is -3.80. The van der Waals surface area contributed by atoms with E-state index in [1.807, 2.05) is 43.3 Å². The fraction of sp³-hybridized carbons (Fsp3) is 0.167. The van der Waals surface area contributed by atoms with Gasteiger partial charge in [-0.2, -0.15) is 0 Å². The Balaban J connectivity index is 1.55. The number of ether oxygens (including phenoxy) is 2. The van der Waals surface area contributed by atoms with Gasteiger partial charge in [-0.05, 0) is 54.4 Å². The van der Waals surface area contributed by atoms with Gasteiger partial charge < -0.3 is 20.1 Å². The molecule has 30 heavy (non-hydrogen) atoms. The smallest absolute Gasteiger partial charge is 0.262 e. The highest BCUT2D eigenvalue weighted by atomic mass is 16.5. The molecule has 0 aliphatic rings. The number of rotatable bonds is 8. The van der Waals surface area contributed by atoms with Gasteiger partial charge in [0.1, 0.15) is 11.5 Å². The van der Waals surface area contributed by atoms with Crippen LogP contribution in [0.4, 0.5) is 11.4 Å². The van der Waals surface area contributed by atoms with E-state index >= 15 is 0 Å². The Bertz CT molecular complexity index is 1020. The molecule has 0 bridgehead atoms. The predicted molar refractivity (Wildman–Crippen MR) is 117 cm³/mol. The molecule has 0 saturated carbocycles. The average Bonchev–Trinajstić information content (AvgIpc) is 2.78. The summed E-state index contributed by atoms with van der Waals surface area (Å²) >= 11 is 0. The highest BCUT2D eigenvalue weighted by Gasteiger charge is 2.10. The lowest BCUT2D eigenvalue weighted by atomic mass is 10.1. The first kappa shape index (κ1) is 20.9. The van der Waals surface area contributed by atoms with Crippen LogP contribution in [0.25, 0.3) is 0 Å². The number of nitrogens with one attached hydrogen (secondary N) is 2. The molecular formula is C24H24N2O4. The van der Waals surface area contributed by atoms with Gasteiger partial charge in [-0.15, -0.1) is 0 Å². The van der Waals surface area contributed by atoms with Crippen molar-refractivity contribution in [1.29, 1.82) is 0 Å². The second-order valence-electron chi connectivity index (χ2n) is 6.53. The molecule has 0 unspecified atom stereocenters. The summed E-state index contributed by atoms with van der Waals surface area (Å²) in [7, 11) is 1.55. The number of aryl methyl sites for hydroxylation is 1. The number of carbonyl (C=O) groups excluding carboxylic acids is 2. The zero-order valence-electron chi connectivity index (χ0n) is 17.0. The van der Waals surface area contributed by atoms with Crippen LogP contribution in [0.2, 0.25) is 0 Å². The van der Waals surface area contributed by atoms with Crippen molar-refractivity contribution in [3.05, 3.63) is 83.9 Å². The second kappa shape index (κ2) is 10.1. The molecule has 154 valence electrons. The number of benzene rings is 3. The van der Waals surface area contributed by atoms with Crippen molar-refractivity contribution in [2.24, 2.45) is 0 Å². The van der Waals surface area contributed by atoms with Gasteiger partial charge in [0.15, 0.2) is 6.61 Å². The lowest BCUT2D eigenvalue weighted by Gasteiger charge is -2.11. The van der Waals surface area contributed by atoms with Crippen LogP contribution in [0.3, 0.4) is 0 Å². The van der Waals surface area contributed by atoms with E-state index in [-0.39, 0.29) is 18.4 Å². The summed E-state index contributed by atoms with van der Waals surface area (Å²) in [5, 5.41) is 5.68. The maximum absolute atomic E-state index is 12.5. The molecule has 0 heterocycles. The minimum absolute atomic E-state index is 0.120. The fourth-order valence-electron chi connectivity index (χ4n) is 2.93. The van der Waals surface area contributed by atoms with E-state index in [1.54, 1.807) is 43.5 Å². The van der Waals surface area contributed by atoms with Crippen LogP contribution in [-0.4, -0.2) is 25.5 Å². The van der Waals surface area contributed by atoms with Crippen molar-refractivity contribution in [3.63, 3.8) is 0 Å². The first-order chi connectivity index (χ1) is 14.6. The minimum Gasteiger partial charge on any atom is -0.495 e. The molecule has 2 N–H and O–H groups in total. The number of carbonyl (C=O) groups is 2. The van der Waals surface area contributed by atoms with Crippen molar-refractivity contribution in [2.45, 2.75) is 13.3 Å². The summed E-state index contributed by atoms with van der Waals surface area (Å²) in [6.45, 7) is 1.91. The molecule has 2 amide bonds. The molecule has 0 saturated heterocycles. The van der Waals surface area contributed by atoms with Crippen LogP contribution >= 0.6 is 0 Å². The highest BCUT2D eigenvalue weighted by molar-refractivity contribution is 6.05. The number of methoxy groups -OCH3 is 1. The molecule has 3 aromatic rings. The monoisotopic (exact) mass is 404 g/mol. The van der Waals surface area contributed by atoms with Gasteiger partial charge in [0.25, 0.3) is 11.8 Å². The number of amides is 2. The summed E-state index contributed by atoms with van der Waals surface area (Å²) in [5.74, 6) is 0.582. The third-order valence-corrected chi connectivity index (χ3v) is 4.51. The van der Waals surface area contributed by atoms with Crippen molar-refractivity contribution >= 4 is 23.2 Å². The van der Waals surface area contributed by atoms with Crippen molar-refractivity contribution in [2.75, 3.05) is 24.4 Å². The second-order valence-corrected chi connectivity index (χ2v) is 6.53. The Morgan fingerprint density at radius 3 is 2.20 bits per heavy atom. The third-order valence-electron chi connectivity index (χ3n) is 4.51. The summed E-state index contributed by atoms with van der Waals surface area (Å²) in [5.41, 5.74) is 2.91. The van der Waals surface area contributed by atoms with Crippen LogP contribution in [0.15, 0.2) is 72.8 Å². The molecule has 3 aromatic carbocycles. The molecule has 0 spiro atoms. The van der Waals surface area contributed by atoms with E-state index < -0.39 is 0 Å². The van der Waals surface area contributed by atoms with E-state index in [0.717, 1.165) is 17.7 Å². The Morgan fingerprint density at radius 2 is 1.50 bits per heavy atom. The molecule has 0 aliphatic carbocycles. The van der Waals surface area contributed by atoms with Crippen molar-refractivity contribution in [1.82, 2.24) is 0 Å². The average molecular weight is 404 g/mol. The molecule has 0 radical (unpaired) electrons. The van der Waals surface area contributed by atoms with Gasteiger partial charge in [0.05, 0.1) is 12.8 Å². The third kappa shape index (κ3) is 5.38. The van der Waals surface area contributed by atoms with Gasteiger partial charge >= 0.3 is 0 Å². The molecule has 0 fully saturated rings. The Kier molecular flexibility index (Phi) is 7.05. The van der Waals surface area contributed by atoms with E-state index in [1.165, 1.54) is 0 Å². The van der Waals surface area contributed by atoms with Gasteiger partial charge in [0, 0.05) is 11.3 Å². The van der Waals surface area contributed by atoms with Crippen LogP contribution in [-0.2, 0) is 11.2 Å². The molecule has 6 heteroatoms. The molecule has 6 nitrogen and oxygen atoms in total. The largest absolute Gasteiger partial charge is 0.495 e. The van der Waals surface area contributed by atoms with Crippen molar-refractivity contribution < 1.29 is 19.1 Å². The van der Waals surface area contributed by atoms with E-state index in [9.17, 15) is 9.59 Å². The normalized spacial score (nSPS) is 10.2.